The van der Waals surface area contributed by atoms with E-state index >= 15 is 0 Å². The first-order valence-corrected chi connectivity index (χ1v) is 11.1. The quantitative estimate of drug-likeness (QED) is 0.488. The molecule has 0 unspecified atom stereocenters. The SMILES string of the molecule is CCN(C1=C(c2cccs2)C(=O)N(CCc2ccc(OC)cc2)C1=O)c1ccccc1. The maximum atomic E-state index is 13.5. The molecule has 6 heteroatoms. The molecule has 0 bridgehead atoms. The van der Waals surface area contributed by atoms with Crippen LogP contribution in [0.2, 0.25) is 0 Å². The van der Waals surface area contributed by atoms with E-state index in [0.29, 0.717) is 30.8 Å². The van der Waals surface area contributed by atoms with Gasteiger partial charge in [0.25, 0.3) is 11.8 Å². The molecule has 0 fully saturated rings. The number of para-hydroxylation sites is 1. The predicted octanol–water partition coefficient (Wildman–Crippen LogP) is 4.61. The molecule has 1 aromatic heterocycles. The van der Waals surface area contributed by atoms with E-state index in [1.165, 1.54) is 16.2 Å². The molecule has 4 rings (SSSR count). The summed E-state index contributed by atoms with van der Waals surface area (Å²) in [5.41, 5.74) is 2.88. The van der Waals surface area contributed by atoms with Gasteiger partial charge in [0.05, 0.1) is 12.7 Å². The summed E-state index contributed by atoms with van der Waals surface area (Å²) in [5, 5.41) is 1.93. The normalized spacial score (nSPS) is 13.8. The third kappa shape index (κ3) is 4.11. The second-order valence-electron chi connectivity index (χ2n) is 7.14. The first-order chi connectivity index (χ1) is 15.1. The van der Waals surface area contributed by atoms with Crippen LogP contribution < -0.4 is 9.64 Å². The van der Waals surface area contributed by atoms with Crippen LogP contribution >= 0.6 is 11.3 Å². The molecule has 0 radical (unpaired) electrons. The largest absolute Gasteiger partial charge is 0.497 e. The van der Waals surface area contributed by atoms with Crippen LogP contribution in [-0.4, -0.2) is 36.9 Å². The average Bonchev–Trinajstić information content (AvgIpc) is 3.41. The van der Waals surface area contributed by atoms with Gasteiger partial charge in [-0.3, -0.25) is 14.5 Å². The molecule has 31 heavy (non-hydrogen) atoms. The van der Waals surface area contributed by atoms with E-state index in [1.54, 1.807) is 7.11 Å². The number of imide groups is 1. The minimum Gasteiger partial charge on any atom is -0.497 e. The van der Waals surface area contributed by atoms with Gasteiger partial charge in [0.15, 0.2) is 0 Å². The monoisotopic (exact) mass is 432 g/mol. The van der Waals surface area contributed by atoms with Crippen molar-refractivity contribution in [3.63, 3.8) is 0 Å². The number of carbonyl (C=O) groups is 2. The smallest absolute Gasteiger partial charge is 0.278 e. The highest BCUT2D eigenvalue weighted by molar-refractivity contribution is 7.11. The summed E-state index contributed by atoms with van der Waals surface area (Å²) in [6, 6.07) is 21.2. The number of amides is 2. The molecule has 1 aliphatic rings. The van der Waals surface area contributed by atoms with Gasteiger partial charge in [-0.1, -0.05) is 36.4 Å². The molecule has 2 aromatic carbocycles. The Kier molecular flexibility index (Phi) is 6.18. The van der Waals surface area contributed by atoms with E-state index in [4.69, 9.17) is 4.74 Å². The molecule has 0 aliphatic carbocycles. The van der Waals surface area contributed by atoms with Gasteiger partial charge in [-0.15, -0.1) is 11.3 Å². The molecule has 0 spiro atoms. The second kappa shape index (κ2) is 9.18. The number of ether oxygens (including phenoxy) is 1. The van der Waals surface area contributed by atoms with Crippen molar-refractivity contribution in [3.05, 3.63) is 88.2 Å². The molecule has 0 N–H and O–H groups in total. The van der Waals surface area contributed by atoms with Crippen LogP contribution in [0.3, 0.4) is 0 Å². The van der Waals surface area contributed by atoms with Gasteiger partial charge in [-0.25, -0.2) is 0 Å². The molecule has 0 saturated heterocycles. The van der Waals surface area contributed by atoms with Crippen molar-refractivity contribution in [2.24, 2.45) is 0 Å². The minimum absolute atomic E-state index is 0.231. The highest BCUT2D eigenvalue weighted by atomic mass is 32.1. The van der Waals surface area contributed by atoms with Crippen LogP contribution in [0.4, 0.5) is 5.69 Å². The lowest BCUT2D eigenvalue weighted by atomic mass is 10.1. The molecule has 2 heterocycles. The zero-order valence-corrected chi connectivity index (χ0v) is 18.4. The number of hydrogen-bond acceptors (Lipinski definition) is 5. The minimum atomic E-state index is -0.243. The van der Waals surface area contributed by atoms with Crippen LogP contribution in [0.15, 0.2) is 77.8 Å². The van der Waals surface area contributed by atoms with Gasteiger partial charge in [0.2, 0.25) is 0 Å². The standard InChI is InChI=1S/C25H24N2O3S/c1-3-26(19-8-5-4-6-9-19)23-22(21-10-7-17-31-21)24(28)27(25(23)29)16-15-18-11-13-20(30-2)14-12-18/h4-14,17H,3,15-16H2,1-2H3. The van der Waals surface area contributed by atoms with Crippen molar-refractivity contribution in [3.8, 4) is 5.75 Å². The lowest BCUT2D eigenvalue weighted by Gasteiger charge is -2.24. The van der Waals surface area contributed by atoms with E-state index in [-0.39, 0.29) is 11.8 Å². The van der Waals surface area contributed by atoms with E-state index < -0.39 is 0 Å². The Morgan fingerprint density at radius 3 is 2.29 bits per heavy atom. The molecular weight excluding hydrogens is 408 g/mol. The molecule has 0 atom stereocenters. The number of carbonyl (C=O) groups excluding carboxylic acids is 2. The Morgan fingerprint density at radius 2 is 1.68 bits per heavy atom. The third-order valence-electron chi connectivity index (χ3n) is 5.35. The van der Waals surface area contributed by atoms with E-state index in [2.05, 4.69) is 0 Å². The summed E-state index contributed by atoms with van der Waals surface area (Å²) < 4.78 is 5.20. The van der Waals surface area contributed by atoms with Gasteiger partial charge in [0.1, 0.15) is 11.4 Å². The lowest BCUT2D eigenvalue weighted by Crippen LogP contribution is -2.36. The molecule has 5 nitrogen and oxygen atoms in total. The Morgan fingerprint density at radius 1 is 0.935 bits per heavy atom. The van der Waals surface area contributed by atoms with Crippen molar-refractivity contribution in [2.75, 3.05) is 25.1 Å². The summed E-state index contributed by atoms with van der Waals surface area (Å²) in [7, 11) is 1.63. The number of benzene rings is 2. The summed E-state index contributed by atoms with van der Waals surface area (Å²) in [5.74, 6) is 0.306. The number of thiophene rings is 1. The van der Waals surface area contributed by atoms with Gasteiger partial charge in [-0.2, -0.15) is 0 Å². The van der Waals surface area contributed by atoms with Crippen molar-refractivity contribution in [1.82, 2.24) is 4.90 Å². The van der Waals surface area contributed by atoms with Crippen LogP contribution in [-0.2, 0) is 16.0 Å². The number of likely N-dealkylation sites (N-methyl/N-ethyl adjacent to an activating group) is 1. The Balaban J connectivity index is 1.65. The zero-order valence-electron chi connectivity index (χ0n) is 17.6. The molecule has 0 saturated carbocycles. The van der Waals surface area contributed by atoms with E-state index in [1.807, 2.05) is 83.9 Å². The molecule has 1 aliphatic heterocycles. The number of nitrogens with zero attached hydrogens (tertiary/aromatic N) is 2. The fourth-order valence-electron chi connectivity index (χ4n) is 3.77. The first-order valence-electron chi connectivity index (χ1n) is 10.2. The van der Waals surface area contributed by atoms with Crippen LogP contribution in [0.1, 0.15) is 17.4 Å². The fourth-order valence-corrected chi connectivity index (χ4v) is 4.53. The number of methoxy groups -OCH3 is 1. The first kappa shape index (κ1) is 20.9. The Labute approximate surface area is 186 Å². The predicted molar refractivity (Wildman–Crippen MR) is 124 cm³/mol. The number of hydrogen-bond donors (Lipinski definition) is 0. The summed E-state index contributed by atoms with van der Waals surface area (Å²) >= 11 is 1.48. The summed E-state index contributed by atoms with van der Waals surface area (Å²) in [6.07, 6.45) is 0.587. The lowest BCUT2D eigenvalue weighted by molar-refractivity contribution is -0.136. The molecule has 2 amide bonds. The Bertz CT molecular complexity index is 1090. The van der Waals surface area contributed by atoms with Crippen LogP contribution in [0, 0.1) is 0 Å². The third-order valence-corrected chi connectivity index (χ3v) is 6.24. The summed E-state index contributed by atoms with van der Waals surface area (Å²) in [4.78, 5) is 31.0. The maximum Gasteiger partial charge on any atom is 0.278 e. The van der Waals surface area contributed by atoms with Crippen molar-refractivity contribution in [2.45, 2.75) is 13.3 Å². The molecular formula is C25H24N2O3S. The average molecular weight is 433 g/mol. The highest BCUT2D eigenvalue weighted by Gasteiger charge is 2.41. The zero-order chi connectivity index (χ0) is 21.8. The van der Waals surface area contributed by atoms with E-state index in [9.17, 15) is 9.59 Å². The number of rotatable bonds is 8. The van der Waals surface area contributed by atoms with Crippen LogP contribution in [0.5, 0.6) is 5.75 Å². The van der Waals surface area contributed by atoms with Crippen molar-refractivity contribution < 1.29 is 14.3 Å². The topological polar surface area (TPSA) is 49.9 Å². The van der Waals surface area contributed by atoms with Gasteiger partial charge >= 0.3 is 0 Å². The van der Waals surface area contributed by atoms with Gasteiger partial charge < -0.3 is 9.64 Å². The van der Waals surface area contributed by atoms with Crippen molar-refractivity contribution >= 4 is 34.4 Å². The second-order valence-corrected chi connectivity index (χ2v) is 8.09. The Hall–Kier alpha value is -3.38. The van der Waals surface area contributed by atoms with E-state index in [0.717, 1.165) is 21.9 Å². The van der Waals surface area contributed by atoms with Crippen molar-refractivity contribution in [1.29, 1.82) is 0 Å². The van der Waals surface area contributed by atoms with Crippen LogP contribution in [0.25, 0.3) is 5.57 Å². The maximum absolute atomic E-state index is 13.5. The van der Waals surface area contributed by atoms with Gasteiger partial charge in [0, 0.05) is 23.7 Å². The fraction of sp³-hybridized carbons (Fsp3) is 0.200. The number of anilines is 1. The highest BCUT2D eigenvalue weighted by Crippen LogP contribution is 2.36. The molecule has 3 aromatic rings. The van der Waals surface area contributed by atoms with Gasteiger partial charge in [-0.05, 0) is 54.6 Å². The summed E-state index contributed by atoms with van der Waals surface area (Å²) in [6.45, 7) is 2.90. The molecule has 158 valence electrons.